The molecule has 3 rings (SSSR count). The van der Waals surface area contributed by atoms with Gasteiger partial charge in [0, 0.05) is 30.6 Å². The van der Waals surface area contributed by atoms with E-state index in [1.165, 1.54) is 6.07 Å². The summed E-state index contributed by atoms with van der Waals surface area (Å²) in [5.41, 5.74) is 1.56. The lowest BCUT2D eigenvalue weighted by molar-refractivity contribution is 1.05. The predicted molar refractivity (Wildman–Crippen MR) is 66.6 cm³/mol. The molecule has 6 heteroatoms. The molecule has 0 aliphatic carbocycles. The number of fused-ring (bicyclic) bond motifs is 1. The maximum absolute atomic E-state index is 11.7. The Labute approximate surface area is 101 Å². The number of aromatic amines is 3. The van der Waals surface area contributed by atoms with Crippen LogP contribution in [0.25, 0.3) is 10.9 Å². The van der Waals surface area contributed by atoms with Crippen LogP contribution in [0.3, 0.4) is 0 Å². The highest BCUT2D eigenvalue weighted by molar-refractivity contribution is 5.80. The second-order valence-electron chi connectivity index (χ2n) is 4.02. The quantitative estimate of drug-likeness (QED) is 0.611. The molecule has 3 N–H and O–H groups in total. The standard InChI is InChI=1S/C12H10N4O2/c17-10-5-9-11(12(18)16-15-9)8(14-10)4-7-2-1-3-13-6-7/h1-3,5-6H,4H2,(H,14,17)(H2,15,16,18). The molecule has 0 amide bonds. The average molecular weight is 242 g/mol. The molecule has 0 atom stereocenters. The van der Waals surface area contributed by atoms with Crippen molar-refractivity contribution in [2.75, 3.05) is 0 Å². The Balaban J connectivity index is 2.19. The highest BCUT2D eigenvalue weighted by Crippen LogP contribution is 2.11. The Kier molecular flexibility index (Phi) is 2.33. The van der Waals surface area contributed by atoms with Crippen LogP contribution in [0, 0.1) is 0 Å². The van der Waals surface area contributed by atoms with Crippen LogP contribution in [0.15, 0.2) is 40.2 Å². The SMILES string of the molecule is O=c1cc2[nH][nH]c(=O)c2c(Cc2cccnc2)[nH]1. The van der Waals surface area contributed by atoms with E-state index >= 15 is 0 Å². The van der Waals surface area contributed by atoms with Gasteiger partial charge in [-0.1, -0.05) is 6.07 Å². The maximum atomic E-state index is 11.7. The summed E-state index contributed by atoms with van der Waals surface area (Å²) in [5.74, 6) is 0. The topological polar surface area (TPSA) is 94.4 Å². The fourth-order valence-corrected chi connectivity index (χ4v) is 2.00. The highest BCUT2D eigenvalue weighted by Gasteiger charge is 2.09. The van der Waals surface area contributed by atoms with Crippen molar-refractivity contribution in [3.8, 4) is 0 Å². The summed E-state index contributed by atoms with van der Waals surface area (Å²) in [6, 6.07) is 5.07. The van der Waals surface area contributed by atoms with Crippen molar-refractivity contribution < 1.29 is 0 Å². The van der Waals surface area contributed by atoms with Gasteiger partial charge in [0.05, 0.1) is 10.9 Å². The van der Waals surface area contributed by atoms with Gasteiger partial charge in [-0.3, -0.25) is 24.8 Å². The Morgan fingerprint density at radius 2 is 2.11 bits per heavy atom. The molecule has 3 heterocycles. The van der Waals surface area contributed by atoms with E-state index in [4.69, 9.17) is 0 Å². The molecule has 3 aromatic rings. The van der Waals surface area contributed by atoms with Gasteiger partial charge in [0.25, 0.3) is 5.56 Å². The third kappa shape index (κ3) is 1.73. The molecule has 0 aliphatic heterocycles. The van der Waals surface area contributed by atoms with E-state index < -0.39 is 0 Å². The summed E-state index contributed by atoms with van der Waals surface area (Å²) in [6.07, 6.45) is 3.84. The molecular weight excluding hydrogens is 232 g/mol. The van der Waals surface area contributed by atoms with Crippen LogP contribution >= 0.6 is 0 Å². The van der Waals surface area contributed by atoms with E-state index in [1.807, 2.05) is 12.1 Å². The minimum absolute atomic E-state index is 0.236. The van der Waals surface area contributed by atoms with Crippen molar-refractivity contribution in [3.63, 3.8) is 0 Å². The first-order valence-corrected chi connectivity index (χ1v) is 5.45. The van der Waals surface area contributed by atoms with Crippen molar-refractivity contribution in [3.05, 3.63) is 62.6 Å². The molecule has 0 aromatic carbocycles. The van der Waals surface area contributed by atoms with Crippen LogP contribution < -0.4 is 11.1 Å². The lowest BCUT2D eigenvalue weighted by Gasteiger charge is -2.02. The smallest absolute Gasteiger partial charge is 0.273 e. The molecule has 0 aliphatic rings. The third-order valence-electron chi connectivity index (χ3n) is 2.76. The summed E-state index contributed by atoms with van der Waals surface area (Å²) < 4.78 is 0. The van der Waals surface area contributed by atoms with Crippen molar-refractivity contribution >= 4 is 10.9 Å². The number of rotatable bonds is 2. The maximum Gasteiger partial charge on any atom is 0.273 e. The van der Waals surface area contributed by atoms with E-state index in [-0.39, 0.29) is 11.1 Å². The van der Waals surface area contributed by atoms with Crippen LogP contribution in [-0.4, -0.2) is 20.2 Å². The van der Waals surface area contributed by atoms with Crippen LogP contribution in [0.4, 0.5) is 0 Å². The fraction of sp³-hybridized carbons (Fsp3) is 0.0833. The van der Waals surface area contributed by atoms with E-state index in [9.17, 15) is 9.59 Å². The first-order chi connectivity index (χ1) is 8.74. The molecule has 6 nitrogen and oxygen atoms in total. The van der Waals surface area contributed by atoms with Crippen LogP contribution in [0.5, 0.6) is 0 Å². The molecule has 0 spiro atoms. The molecule has 0 radical (unpaired) electrons. The number of nitrogens with one attached hydrogen (secondary N) is 3. The summed E-state index contributed by atoms with van der Waals surface area (Å²) in [5, 5.41) is 5.64. The number of nitrogens with zero attached hydrogens (tertiary/aromatic N) is 1. The second-order valence-corrected chi connectivity index (χ2v) is 4.02. The van der Waals surface area contributed by atoms with Crippen molar-refractivity contribution in [2.45, 2.75) is 6.42 Å². The molecule has 0 fully saturated rings. The molecule has 0 bridgehead atoms. The van der Waals surface area contributed by atoms with Gasteiger partial charge in [-0.05, 0) is 11.6 Å². The number of hydrogen-bond acceptors (Lipinski definition) is 3. The molecule has 0 unspecified atom stereocenters. The summed E-state index contributed by atoms with van der Waals surface area (Å²) in [6.45, 7) is 0. The molecular formula is C12H10N4O2. The number of H-pyrrole nitrogens is 3. The normalized spacial score (nSPS) is 10.9. The molecule has 3 aromatic heterocycles. The van der Waals surface area contributed by atoms with E-state index in [0.717, 1.165) is 5.56 Å². The zero-order chi connectivity index (χ0) is 12.5. The van der Waals surface area contributed by atoms with Gasteiger partial charge in [-0.25, -0.2) is 0 Å². The third-order valence-corrected chi connectivity index (χ3v) is 2.76. The van der Waals surface area contributed by atoms with E-state index in [2.05, 4.69) is 20.2 Å². The van der Waals surface area contributed by atoms with E-state index in [0.29, 0.717) is 23.0 Å². The lowest BCUT2D eigenvalue weighted by atomic mass is 10.1. The zero-order valence-corrected chi connectivity index (χ0v) is 9.36. The van der Waals surface area contributed by atoms with Crippen molar-refractivity contribution in [2.24, 2.45) is 0 Å². The molecule has 0 saturated carbocycles. The van der Waals surface area contributed by atoms with Gasteiger partial charge < -0.3 is 4.98 Å². The van der Waals surface area contributed by atoms with Gasteiger partial charge in [0.15, 0.2) is 0 Å². The van der Waals surface area contributed by atoms with E-state index in [1.54, 1.807) is 12.4 Å². The van der Waals surface area contributed by atoms with Gasteiger partial charge in [0.1, 0.15) is 0 Å². The Hall–Kier alpha value is -2.63. The minimum atomic E-state index is -0.239. The molecule has 0 saturated heterocycles. The first-order valence-electron chi connectivity index (χ1n) is 5.45. The predicted octanol–water partition coefficient (Wildman–Crippen LogP) is 0.530. The Bertz CT molecular complexity index is 798. The largest absolute Gasteiger partial charge is 0.325 e. The molecule has 18 heavy (non-hydrogen) atoms. The monoisotopic (exact) mass is 242 g/mol. The summed E-state index contributed by atoms with van der Waals surface area (Å²) in [4.78, 5) is 29.9. The van der Waals surface area contributed by atoms with Crippen LogP contribution in [0.2, 0.25) is 0 Å². The van der Waals surface area contributed by atoms with Crippen molar-refractivity contribution in [1.82, 2.24) is 20.2 Å². The fourth-order valence-electron chi connectivity index (χ4n) is 2.00. The van der Waals surface area contributed by atoms with Crippen LogP contribution in [0.1, 0.15) is 11.3 Å². The summed E-state index contributed by atoms with van der Waals surface area (Å²) in [7, 11) is 0. The summed E-state index contributed by atoms with van der Waals surface area (Å²) >= 11 is 0. The van der Waals surface area contributed by atoms with Gasteiger partial charge >= 0.3 is 0 Å². The minimum Gasteiger partial charge on any atom is -0.325 e. The second kappa shape index (κ2) is 3.99. The Morgan fingerprint density at radius 3 is 2.89 bits per heavy atom. The molecule has 90 valence electrons. The van der Waals surface area contributed by atoms with Gasteiger partial charge in [0.2, 0.25) is 5.56 Å². The Morgan fingerprint density at radius 1 is 1.22 bits per heavy atom. The highest BCUT2D eigenvalue weighted by atomic mass is 16.1. The average Bonchev–Trinajstić information content (AvgIpc) is 2.72. The first kappa shape index (κ1) is 10.5. The number of aromatic nitrogens is 4. The lowest BCUT2D eigenvalue weighted by Crippen LogP contribution is -2.11. The van der Waals surface area contributed by atoms with Gasteiger partial charge in [-0.15, -0.1) is 0 Å². The number of pyridine rings is 2. The zero-order valence-electron chi connectivity index (χ0n) is 9.36. The van der Waals surface area contributed by atoms with Crippen molar-refractivity contribution in [1.29, 1.82) is 0 Å². The van der Waals surface area contributed by atoms with Crippen LogP contribution in [-0.2, 0) is 6.42 Å². The van der Waals surface area contributed by atoms with Gasteiger partial charge in [-0.2, -0.15) is 0 Å². The number of hydrogen-bond donors (Lipinski definition) is 3.